The molecular weight excluding hydrogens is 264 g/mol. The van der Waals surface area contributed by atoms with Crippen molar-refractivity contribution >= 4 is 10.9 Å². The summed E-state index contributed by atoms with van der Waals surface area (Å²) >= 11 is 0. The molecule has 0 saturated carbocycles. The Morgan fingerprint density at radius 2 is 2.29 bits per heavy atom. The highest BCUT2D eigenvalue weighted by atomic mass is 16.1. The van der Waals surface area contributed by atoms with Crippen molar-refractivity contribution in [3.05, 3.63) is 39.9 Å². The molecule has 112 valence electrons. The normalized spacial score (nSPS) is 18.7. The van der Waals surface area contributed by atoms with Crippen molar-refractivity contribution in [1.82, 2.24) is 20.2 Å². The minimum absolute atomic E-state index is 0.0499. The van der Waals surface area contributed by atoms with Crippen molar-refractivity contribution in [1.29, 1.82) is 0 Å². The number of aromatic nitrogens is 2. The maximum Gasteiger partial charge on any atom is 0.258 e. The second-order valence-electron chi connectivity index (χ2n) is 5.97. The van der Waals surface area contributed by atoms with Gasteiger partial charge in [-0.15, -0.1) is 0 Å². The van der Waals surface area contributed by atoms with Gasteiger partial charge in [-0.05, 0) is 45.0 Å². The first-order valence-corrected chi connectivity index (χ1v) is 7.54. The average Bonchev–Trinajstić information content (AvgIpc) is 2.93. The summed E-state index contributed by atoms with van der Waals surface area (Å²) in [7, 11) is 2.07. The lowest BCUT2D eigenvalue weighted by atomic mass is 10.1. The quantitative estimate of drug-likeness (QED) is 0.892. The Morgan fingerprint density at radius 3 is 3.05 bits per heavy atom. The van der Waals surface area contributed by atoms with Gasteiger partial charge in [0.2, 0.25) is 0 Å². The van der Waals surface area contributed by atoms with E-state index in [1.807, 2.05) is 25.1 Å². The standard InChI is InChI=1S/C16H22N4O/c1-11-5-3-7-13-15(11)18-14(19-16(13)21)10-20(2)9-12-6-4-8-17-12/h3,5,7,12,17H,4,6,8-10H2,1-2H3,(H,18,19,21). The van der Waals surface area contributed by atoms with Crippen LogP contribution in [0.15, 0.2) is 23.0 Å². The van der Waals surface area contributed by atoms with Crippen molar-refractivity contribution in [3.63, 3.8) is 0 Å². The van der Waals surface area contributed by atoms with Gasteiger partial charge in [-0.3, -0.25) is 9.69 Å². The summed E-state index contributed by atoms with van der Waals surface area (Å²) in [5.74, 6) is 0.738. The van der Waals surface area contributed by atoms with Crippen molar-refractivity contribution in [3.8, 4) is 0 Å². The van der Waals surface area contributed by atoms with Gasteiger partial charge < -0.3 is 10.3 Å². The molecule has 0 spiro atoms. The van der Waals surface area contributed by atoms with Crippen LogP contribution in [0, 0.1) is 6.92 Å². The van der Waals surface area contributed by atoms with Crippen molar-refractivity contribution in [2.24, 2.45) is 0 Å². The minimum atomic E-state index is -0.0499. The molecule has 1 atom stereocenters. The number of benzene rings is 1. The van der Waals surface area contributed by atoms with E-state index in [-0.39, 0.29) is 5.56 Å². The monoisotopic (exact) mass is 286 g/mol. The Morgan fingerprint density at radius 1 is 1.43 bits per heavy atom. The van der Waals surface area contributed by atoms with Gasteiger partial charge in [-0.1, -0.05) is 12.1 Å². The predicted octanol–water partition coefficient (Wildman–Crippen LogP) is 1.42. The Hall–Kier alpha value is -1.72. The number of rotatable bonds is 4. The molecule has 2 aromatic rings. The van der Waals surface area contributed by atoms with E-state index in [4.69, 9.17) is 0 Å². The van der Waals surface area contributed by atoms with Crippen LogP contribution >= 0.6 is 0 Å². The van der Waals surface area contributed by atoms with Crippen molar-refractivity contribution in [2.75, 3.05) is 20.1 Å². The molecule has 21 heavy (non-hydrogen) atoms. The number of nitrogens with one attached hydrogen (secondary N) is 2. The zero-order chi connectivity index (χ0) is 14.8. The molecular formula is C16H22N4O. The number of nitrogens with zero attached hydrogens (tertiary/aromatic N) is 2. The average molecular weight is 286 g/mol. The van der Waals surface area contributed by atoms with Gasteiger partial charge in [-0.25, -0.2) is 4.98 Å². The third-order valence-corrected chi connectivity index (χ3v) is 4.10. The molecule has 1 aromatic carbocycles. The third-order valence-electron chi connectivity index (χ3n) is 4.10. The fraction of sp³-hybridized carbons (Fsp3) is 0.500. The van der Waals surface area contributed by atoms with Crippen molar-refractivity contribution < 1.29 is 0 Å². The zero-order valence-electron chi connectivity index (χ0n) is 12.6. The van der Waals surface area contributed by atoms with E-state index >= 15 is 0 Å². The number of aryl methyl sites for hydroxylation is 1. The van der Waals surface area contributed by atoms with Gasteiger partial charge in [0.15, 0.2) is 0 Å². The molecule has 5 heteroatoms. The summed E-state index contributed by atoms with van der Waals surface area (Å²) in [5.41, 5.74) is 1.80. The molecule has 2 heterocycles. The Balaban J connectivity index is 1.80. The summed E-state index contributed by atoms with van der Waals surface area (Å²) in [6.07, 6.45) is 2.48. The topological polar surface area (TPSA) is 61.0 Å². The first-order chi connectivity index (χ1) is 10.1. The number of para-hydroxylation sites is 1. The van der Waals surface area contributed by atoms with Crippen LogP contribution in [0.1, 0.15) is 24.2 Å². The van der Waals surface area contributed by atoms with Crippen LogP contribution in [0.3, 0.4) is 0 Å². The number of likely N-dealkylation sites (N-methyl/N-ethyl adjacent to an activating group) is 1. The second kappa shape index (κ2) is 5.95. The summed E-state index contributed by atoms with van der Waals surface area (Å²) in [5, 5.41) is 4.16. The van der Waals surface area contributed by atoms with Crippen LogP contribution in [0.5, 0.6) is 0 Å². The van der Waals surface area contributed by atoms with Gasteiger partial charge >= 0.3 is 0 Å². The molecule has 0 aliphatic carbocycles. The number of hydrogen-bond acceptors (Lipinski definition) is 4. The lowest BCUT2D eigenvalue weighted by Gasteiger charge is -2.20. The first-order valence-electron chi connectivity index (χ1n) is 7.54. The van der Waals surface area contributed by atoms with Gasteiger partial charge in [0.1, 0.15) is 5.82 Å². The lowest BCUT2D eigenvalue weighted by Crippen LogP contribution is -2.35. The number of hydrogen-bond donors (Lipinski definition) is 2. The molecule has 0 amide bonds. The molecule has 0 bridgehead atoms. The Bertz CT molecular complexity index is 688. The first kappa shape index (κ1) is 14.2. The number of H-pyrrole nitrogens is 1. The maximum absolute atomic E-state index is 12.2. The SMILES string of the molecule is Cc1cccc2c(=O)[nH]c(CN(C)CC3CCCN3)nc12. The molecule has 1 saturated heterocycles. The molecule has 1 fully saturated rings. The Kier molecular flexibility index (Phi) is 4.03. The lowest BCUT2D eigenvalue weighted by molar-refractivity contribution is 0.287. The van der Waals surface area contributed by atoms with Crippen LogP contribution in [0.25, 0.3) is 10.9 Å². The summed E-state index contributed by atoms with van der Waals surface area (Å²) in [6, 6.07) is 6.27. The molecule has 0 radical (unpaired) electrons. The second-order valence-corrected chi connectivity index (χ2v) is 5.97. The number of fused-ring (bicyclic) bond motifs is 1. The van der Waals surface area contributed by atoms with E-state index in [1.54, 1.807) is 0 Å². The fourth-order valence-electron chi connectivity index (χ4n) is 3.04. The van der Waals surface area contributed by atoms with E-state index in [0.717, 1.165) is 30.0 Å². The molecule has 2 N–H and O–H groups in total. The largest absolute Gasteiger partial charge is 0.313 e. The van der Waals surface area contributed by atoms with Gasteiger partial charge in [-0.2, -0.15) is 0 Å². The fourth-order valence-corrected chi connectivity index (χ4v) is 3.04. The molecule has 1 unspecified atom stereocenters. The molecule has 1 aromatic heterocycles. The Labute approximate surface area is 124 Å². The third kappa shape index (κ3) is 3.14. The summed E-state index contributed by atoms with van der Waals surface area (Å²) < 4.78 is 0. The number of aromatic amines is 1. The van der Waals surface area contributed by atoms with Gasteiger partial charge in [0.25, 0.3) is 5.56 Å². The van der Waals surface area contributed by atoms with Crippen LogP contribution in [-0.4, -0.2) is 41.0 Å². The van der Waals surface area contributed by atoms with E-state index in [9.17, 15) is 4.79 Å². The van der Waals surface area contributed by atoms with Crippen molar-refractivity contribution in [2.45, 2.75) is 32.4 Å². The van der Waals surface area contributed by atoms with Crippen LogP contribution < -0.4 is 10.9 Å². The summed E-state index contributed by atoms with van der Waals surface area (Å²) in [6.45, 7) is 4.75. The predicted molar refractivity (Wildman–Crippen MR) is 84.5 cm³/mol. The highest BCUT2D eigenvalue weighted by molar-refractivity contribution is 5.80. The maximum atomic E-state index is 12.2. The smallest absolute Gasteiger partial charge is 0.258 e. The minimum Gasteiger partial charge on any atom is -0.313 e. The van der Waals surface area contributed by atoms with E-state index in [1.165, 1.54) is 12.8 Å². The van der Waals surface area contributed by atoms with Crippen LogP contribution in [0.4, 0.5) is 0 Å². The van der Waals surface area contributed by atoms with E-state index in [2.05, 4.69) is 27.2 Å². The zero-order valence-corrected chi connectivity index (χ0v) is 12.6. The van der Waals surface area contributed by atoms with Crippen LogP contribution in [0.2, 0.25) is 0 Å². The van der Waals surface area contributed by atoms with E-state index in [0.29, 0.717) is 18.0 Å². The molecule has 1 aliphatic heterocycles. The molecule has 3 rings (SSSR count). The van der Waals surface area contributed by atoms with E-state index < -0.39 is 0 Å². The van der Waals surface area contributed by atoms with Crippen LogP contribution in [-0.2, 0) is 6.54 Å². The van der Waals surface area contributed by atoms with Gasteiger partial charge in [0, 0.05) is 12.6 Å². The highest BCUT2D eigenvalue weighted by Crippen LogP contribution is 2.13. The summed E-state index contributed by atoms with van der Waals surface area (Å²) in [4.78, 5) is 21.9. The molecule has 1 aliphatic rings. The highest BCUT2D eigenvalue weighted by Gasteiger charge is 2.16. The van der Waals surface area contributed by atoms with Gasteiger partial charge in [0.05, 0.1) is 17.4 Å². The molecule has 5 nitrogen and oxygen atoms in total.